The van der Waals surface area contributed by atoms with Gasteiger partial charge in [0.1, 0.15) is 0 Å². The number of para-hydroxylation sites is 1. The van der Waals surface area contributed by atoms with E-state index in [4.69, 9.17) is 4.55 Å². The molecule has 8 heteroatoms. The maximum Gasteiger partial charge on any atom is 0.430 e. The number of carbonyl (C=O) groups is 1. The molecule has 7 nitrogen and oxygen atoms in total. The van der Waals surface area contributed by atoms with Crippen LogP contribution in [0.25, 0.3) is 0 Å². The number of nitrogens with one attached hydrogen (secondary N) is 1. The fourth-order valence-corrected chi connectivity index (χ4v) is 1.86. The molecule has 0 bridgehead atoms. The molecule has 0 unspecified atom stereocenters. The molecule has 1 amide bonds. The van der Waals surface area contributed by atoms with Gasteiger partial charge in [-0.2, -0.15) is 14.3 Å². The van der Waals surface area contributed by atoms with Crippen molar-refractivity contribution in [2.75, 3.05) is 5.32 Å². The van der Waals surface area contributed by atoms with Crippen molar-refractivity contribution in [1.29, 1.82) is 0 Å². The maximum atomic E-state index is 10.5. The lowest BCUT2D eigenvalue weighted by Gasteiger charge is -2.00. The Balaban J connectivity index is 0.000000220. The molecule has 0 aromatic heterocycles. The number of nitrogens with two attached hydrogens (primary N) is 1. The first kappa shape index (κ1) is 17.6. The summed E-state index contributed by atoms with van der Waals surface area (Å²) in [7, 11) is -4.02. The van der Waals surface area contributed by atoms with Crippen molar-refractivity contribution in [3.63, 3.8) is 0 Å². The molecule has 22 heavy (non-hydrogen) atoms. The van der Waals surface area contributed by atoms with Gasteiger partial charge in [-0.3, -0.25) is 9.87 Å². The van der Waals surface area contributed by atoms with Crippen LogP contribution in [0.5, 0.6) is 0 Å². The smallest absolute Gasteiger partial charge is 0.357 e. The SMILES string of the molecule is Cc1ccc(S(=O)(=O)O)cc1.NOC(=O)Nc1ccccc1. The Morgan fingerprint density at radius 3 is 2.09 bits per heavy atom. The van der Waals surface area contributed by atoms with E-state index < -0.39 is 16.2 Å². The molecule has 0 spiro atoms. The van der Waals surface area contributed by atoms with Crippen molar-refractivity contribution in [3.8, 4) is 0 Å². The summed E-state index contributed by atoms with van der Waals surface area (Å²) in [5.41, 5.74) is 1.61. The van der Waals surface area contributed by atoms with Crippen LogP contribution in [-0.2, 0) is 15.0 Å². The second-order valence-electron chi connectivity index (χ2n) is 4.18. The van der Waals surface area contributed by atoms with Gasteiger partial charge in [0, 0.05) is 5.69 Å². The quantitative estimate of drug-likeness (QED) is 0.576. The van der Waals surface area contributed by atoms with Crippen LogP contribution in [0.4, 0.5) is 10.5 Å². The highest BCUT2D eigenvalue weighted by molar-refractivity contribution is 7.85. The highest BCUT2D eigenvalue weighted by Gasteiger charge is 2.06. The fourth-order valence-electron chi connectivity index (χ4n) is 1.38. The number of hydrogen-bond donors (Lipinski definition) is 3. The summed E-state index contributed by atoms with van der Waals surface area (Å²) in [6.45, 7) is 1.84. The number of anilines is 1. The fraction of sp³-hybridized carbons (Fsp3) is 0.0714. The molecule has 2 rings (SSSR count). The van der Waals surface area contributed by atoms with E-state index in [9.17, 15) is 13.2 Å². The van der Waals surface area contributed by atoms with Crippen molar-refractivity contribution in [1.82, 2.24) is 0 Å². The summed E-state index contributed by atoms with van der Waals surface area (Å²) in [5.74, 6) is 4.61. The Hall–Kier alpha value is -2.42. The van der Waals surface area contributed by atoms with Gasteiger partial charge in [0.05, 0.1) is 4.90 Å². The third kappa shape index (κ3) is 6.35. The van der Waals surface area contributed by atoms with E-state index >= 15 is 0 Å². The number of aryl methyl sites for hydroxylation is 1. The van der Waals surface area contributed by atoms with E-state index in [1.165, 1.54) is 12.1 Å². The van der Waals surface area contributed by atoms with Gasteiger partial charge in [0.15, 0.2) is 0 Å². The lowest BCUT2D eigenvalue weighted by molar-refractivity contribution is 0.163. The molecule has 2 aromatic carbocycles. The van der Waals surface area contributed by atoms with Gasteiger partial charge >= 0.3 is 6.09 Å². The third-order valence-corrected chi connectivity index (χ3v) is 3.31. The molecule has 4 N–H and O–H groups in total. The van der Waals surface area contributed by atoms with E-state index in [0.717, 1.165) is 5.56 Å². The zero-order chi connectivity index (χ0) is 16.6. The highest BCUT2D eigenvalue weighted by atomic mass is 32.2. The van der Waals surface area contributed by atoms with Crippen molar-refractivity contribution >= 4 is 21.9 Å². The van der Waals surface area contributed by atoms with E-state index in [2.05, 4.69) is 16.1 Å². The Labute approximate surface area is 128 Å². The lowest BCUT2D eigenvalue weighted by atomic mass is 10.2. The van der Waals surface area contributed by atoms with Crippen molar-refractivity contribution in [3.05, 3.63) is 60.2 Å². The van der Waals surface area contributed by atoms with Crippen LogP contribution >= 0.6 is 0 Å². The summed E-state index contributed by atoms with van der Waals surface area (Å²) < 4.78 is 29.6. The molecule has 0 atom stereocenters. The summed E-state index contributed by atoms with van der Waals surface area (Å²) in [6.07, 6.45) is -0.670. The molecular formula is C14H16N2O5S. The summed E-state index contributed by atoms with van der Waals surface area (Å²) in [6, 6.07) is 14.9. The molecule has 0 radical (unpaired) electrons. The zero-order valence-corrected chi connectivity index (χ0v) is 12.6. The Bertz CT molecular complexity index is 700. The van der Waals surface area contributed by atoms with E-state index in [-0.39, 0.29) is 4.90 Å². The van der Waals surface area contributed by atoms with Crippen LogP contribution in [0, 0.1) is 6.92 Å². The topological polar surface area (TPSA) is 119 Å². The van der Waals surface area contributed by atoms with Crippen LogP contribution in [0.3, 0.4) is 0 Å². The second-order valence-corrected chi connectivity index (χ2v) is 5.61. The Kier molecular flexibility index (Phi) is 6.51. The van der Waals surface area contributed by atoms with Gasteiger partial charge in [-0.25, -0.2) is 4.79 Å². The van der Waals surface area contributed by atoms with Gasteiger partial charge in [-0.15, -0.1) is 0 Å². The summed E-state index contributed by atoms with van der Waals surface area (Å²) in [4.78, 5) is 14.4. The molecule has 0 fully saturated rings. The minimum atomic E-state index is -4.02. The predicted molar refractivity (Wildman–Crippen MR) is 81.7 cm³/mol. The molecule has 118 valence electrons. The summed E-state index contributed by atoms with van der Waals surface area (Å²) >= 11 is 0. The van der Waals surface area contributed by atoms with Gasteiger partial charge < -0.3 is 4.84 Å². The standard InChI is InChI=1S/C7H8N2O2.C7H8O3S/c8-11-7(10)9-6-4-2-1-3-5-6;1-6-2-4-7(5-3-6)11(8,9)10/h1-5H,8H2,(H,9,10);2-5H,1H3,(H,8,9,10). The first-order chi connectivity index (χ1) is 10.3. The molecule has 0 saturated carbocycles. The minimum Gasteiger partial charge on any atom is -0.357 e. The predicted octanol–water partition coefficient (Wildman–Crippen LogP) is 2.35. The average Bonchev–Trinajstić information content (AvgIpc) is 2.48. The third-order valence-electron chi connectivity index (χ3n) is 2.45. The van der Waals surface area contributed by atoms with Crippen molar-refractivity contribution in [2.24, 2.45) is 5.90 Å². The van der Waals surface area contributed by atoms with Crippen LogP contribution < -0.4 is 11.2 Å². The normalized spacial score (nSPS) is 10.1. The number of rotatable bonds is 2. The van der Waals surface area contributed by atoms with Crippen LogP contribution in [0.2, 0.25) is 0 Å². The number of carbonyl (C=O) groups excluding carboxylic acids is 1. The monoisotopic (exact) mass is 324 g/mol. The number of benzene rings is 2. The molecule has 0 aliphatic carbocycles. The molecular weight excluding hydrogens is 308 g/mol. The zero-order valence-electron chi connectivity index (χ0n) is 11.8. The molecule has 0 heterocycles. The largest absolute Gasteiger partial charge is 0.430 e. The van der Waals surface area contributed by atoms with Crippen LogP contribution in [-0.4, -0.2) is 19.1 Å². The molecule has 0 aliphatic rings. The first-order valence-electron chi connectivity index (χ1n) is 6.10. The van der Waals surface area contributed by atoms with Crippen molar-refractivity contribution in [2.45, 2.75) is 11.8 Å². The molecule has 0 aliphatic heterocycles. The Morgan fingerprint density at radius 2 is 1.64 bits per heavy atom. The first-order valence-corrected chi connectivity index (χ1v) is 7.54. The van der Waals surface area contributed by atoms with Crippen LogP contribution in [0.15, 0.2) is 59.5 Å². The molecule has 0 saturated heterocycles. The number of hydrogen-bond acceptors (Lipinski definition) is 5. The highest BCUT2D eigenvalue weighted by Crippen LogP contribution is 2.08. The Morgan fingerprint density at radius 1 is 1.09 bits per heavy atom. The summed E-state index contributed by atoms with van der Waals surface area (Å²) in [5, 5.41) is 2.41. The van der Waals surface area contributed by atoms with Gasteiger partial charge in [-0.1, -0.05) is 35.9 Å². The van der Waals surface area contributed by atoms with E-state index in [0.29, 0.717) is 5.69 Å². The lowest BCUT2D eigenvalue weighted by Crippen LogP contribution is -2.17. The van der Waals surface area contributed by atoms with Gasteiger partial charge in [0.25, 0.3) is 10.1 Å². The van der Waals surface area contributed by atoms with E-state index in [1.54, 1.807) is 36.4 Å². The van der Waals surface area contributed by atoms with Crippen LogP contribution in [0.1, 0.15) is 5.56 Å². The van der Waals surface area contributed by atoms with Gasteiger partial charge in [0.2, 0.25) is 0 Å². The maximum absolute atomic E-state index is 10.5. The minimum absolute atomic E-state index is 0.0666. The number of amides is 1. The van der Waals surface area contributed by atoms with Gasteiger partial charge in [-0.05, 0) is 31.2 Å². The molecule has 2 aromatic rings. The second kappa shape index (κ2) is 8.13. The van der Waals surface area contributed by atoms with E-state index in [1.807, 2.05) is 13.0 Å². The average molecular weight is 324 g/mol. The van der Waals surface area contributed by atoms with Crippen molar-refractivity contribution < 1.29 is 22.6 Å².